The van der Waals surface area contributed by atoms with Crippen molar-refractivity contribution in [3.8, 4) is 0 Å². The Balaban J connectivity index is 2.99. The van der Waals surface area contributed by atoms with Gasteiger partial charge in [0.1, 0.15) is 0 Å². The van der Waals surface area contributed by atoms with Crippen LogP contribution in [0.5, 0.6) is 0 Å². The average molecular weight is 235 g/mol. The first-order valence-electron chi connectivity index (χ1n) is 4.06. The van der Waals surface area contributed by atoms with Crippen LogP contribution < -0.4 is 4.72 Å². The summed E-state index contributed by atoms with van der Waals surface area (Å²) in [7, 11) is -3.50. The largest absolute Gasteiger partial charge is 0.258 e. The van der Waals surface area contributed by atoms with Crippen molar-refractivity contribution >= 4 is 21.6 Å². The fraction of sp³-hybridized carbons (Fsp3) is 0.375. The maximum absolute atomic E-state index is 11.5. The third-order valence-corrected chi connectivity index (χ3v) is 3.16. The molecule has 6 heteroatoms. The van der Waals surface area contributed by atoms with E-state index in [0.29, 0.717) is 5.02 Å². The number of rotatable bonds is 3. The number of nitrogens with one attached hydrogen (secondary N) is 1. The molecule has 0 aromatic carbocycles. The molecule has 4 nitrogen and oxygen atoms in total. The van der Waals surface area contributed by atoms with E-state index in [0.717, 1.165) is 0 Å². The van der Waals surface area contributed by atoms with Crippen LogP contribution in [0.1, 0.15) is 13.8 Å². The van der Waals surface area contributed by atoms with Gasteiger partial charge in [0, 0.05) is 12.2 Å². The molecule has 0 amide bonds. The van der Waals surface area contributed by atoms with E-state index >= 15 is 0 Å². The van der Waals surface area contributed by atoms with Crippen LogP contribution in [0.15, 0.2) is 23.4 Å². The average Bonchev–Trinajstić information content (AvgIpc) is 2.02. The van der Waals surface area contributed by atoms with Crippen LogP contribution in [0.25, 0.3) is 0 Å². The van der Waals surface area contributed by atoms with E-state index in [4.69, 9.17) is 11.6 Å². The Hall–Kier alpha value is -0.650. The summed E-state index contributed by atoms with van der Waals surface area (Å²) in [4.78, 5) is 3.72. The molecule has 0 saturated carbocycles. The molecule has 1 heterocycles. The summed E-state index contributed by atoms with van der Waals surface area (Å²) < 4.78 is 25.5. The quantitative estimate of drug-likeness (QED) is 0.861. The molecular weight excluding hydrogens is 224 g/mol. The molecule has 0 spiro atoms. The highest BCUT2D eigenvalue weighted by molar-refractivity contribution is 7.89. The van der Waals surface area contributed by atoms with Gasteiger partial charge in [0.2, 0.25) is 0 Å². The lowest BCUT2D eigenvalue weighted by atomic mass is 10.4. The van der Waals surface area contributed by atoms with Gasteiger partial charge in [0.05, 0.1) is 5.02 Å². The Bertz CT molecular complexity index is 400. The zero-order valence-corrected chi connectivity index (χ0v) is 9.43. The molecule has 0 atom stereocenters. The second kappa shape index (κ2) is 4.25. The molecule has 1 rings (SSSR count). The Labute approximate surface area is 88.4 Å². The lowest BCUT2D eigenvalue weighted by Crippen LogP contribution is -2.30. The lowest BCUT2D eigenvalue weighted by molar-refractivity contribution is 0.566. The second-order valence-corrected chi connectivity index (χ2v) is 5.19. The third kappa shape index (κ3) is 2.94. The Kier molecular flexibility index (Phi) is 3.47. The molecule has 0 fully saturated rings. The number of hydrogen-bond donors (Lipinski definition) is 1. The summed E-state index contributed by atoms with van der Waals surface area (Å²) in [6, 6.07) is 2.70. The summed E-state index contributed by atoms with van der Waals surface area (Å²) in [5.41, 5.74) is 0. The summed E-state index contributed by atoms with van der Waals surface area (Å²) in [6.07, 6.45) is 1.30. The number of hydrogen-bond acceptors (Lipinski definition) is 3. The fourth-order valence-corrected chi connectivity index (χ4v) is 2.18. The molecule has 0 bridgehead atoms. The summed E-state index contributed by atoms with van der Waals surface area (Å²) in [5, 5.41) is 0.393. The molecular formula is C8H11ClN2O2S. The van der Waals surface area contributed by atoms with Crippen molar-refractivity contribution < 1.29 is 8.42 Å². The van der Waals surface area contributed by atoms with Crippen molar-refractivity contribution in [2.24, 2.45) is 0 Å². The molecule has 0 unspecified atom stereocenters. The maximum Gasteiger partial charge on any atom is 0.258 e. The van der Waals surface area contributed by atoms with E-state index < -0.39 is 10.0 Å². The van der Waals surface area contributed by atoms with Crippen LogP contribution >= 0.6 is 11.6 Å². The van der Waals surface area contributed by atoms with Crippen LogP contribution in [0.3, 0.4) is 0 Å². The van der Waals surface area contributed by atoms with Gasteiger partial charge in [-0.25, -0.2) is 18.1 Å². The summed E-state index contributed by atoms with van der Waals surface area (Å²) in [5.74, 6) is 0. The first-order valence-corrected chi connectivity index (χ1v) is 5.92. The van der Waals surface area contributed by atoms with E-state index in [1.165, 1.54) is 18.3 Å². The topological polar surface area (TPSA) is 59.1 Å². The highest BCUT2D eigenvalue weighted by atomic mass is 35.5. The van der Waals surface area contributed by atoms with Crippen molar-refractivity contribution in [1.82, 2.24) is 9.71 Å². The van der Waals surface area contributed by atoms with Crippen molar-refractivity contribution in [2.45, 2.75) is 24.9 Å². The predicted molar refractivity (Wildman–Crippen MR) is 54.7 cm³/mol. The molecule has 0 saturated heterocycles. The van der Waals surface area contributed by atoms with Gasteiger partial charge in [-0.1, -0.05) is 11.6 Å². The summed E-state index contributed by atoms with van der Waals surface area (Å²) in [6.45, 7) is 3.49. The van der Waals surface area contributed by atoms with Gasteiger partial charge in [-0.05, 0) is 26.0 Å². The lowest BCUT2D eigenvalue weighted by Gasteiger charge is -2.08. The van der Waals surface area contributed by atoms with Crippen molar-refractivity contribution in [2.75, 3.05) is 0 Å². The Morgan fingerprint density at radius 2 is 2.07 bits per heavy atom. The first kappa shape index (κ1) is 11.4. The highest BCUT2D eigenvalue weighted by Gasteiger charge is 2.16. The smallest absolute Gasteiger partial charge is 0.242 e. The van der Waals surface area contributed by atoms with Gasteiger partial charge < -0.3 is 0 Å². The van der Waals surface area contributed by atoms with Crippen LogP contribution in [0, 0.1) is 0 Å². The van der Waals surface area contributed by atoms with E-state index in [9.17, 15) is 8.42 Å². The Morgan fingerprint density at radius 1 is 1.43 bits per heavy atom. The molecule has 0 aliphatic heterocycles. The van der Waals surface area contributed by atoms with Crippen LogP contribution in [0.4, 0.5) is 0 Å². The minimum Gasteiger partial charge on any atom is -0.242 e. The van der Waals surface area contributed by atoms with Crippen LogP contribution in [-0.2, 0) is 10.0 Å². The summed E-state index contributed by atoms with van der Waals surface area (Å²) >= 11 is 5.59. The Morgan fingerprint density at radius 3 is 2.50 bits per heavy atom. The van der Waals surface area contributed by atoms with E-state index in [1.807, 2.05) is 0 Å². The van der Waals surface area contributed by atoms with Crippen LogP contribution in [0.2, 0.25) is 5.02 Å². The van der Waals surface area contributed by atoms with Gasteiger partial charge >= 0.3 is 0 Å². The van der Waals surface area contributed by atoms with E-state index in [1.54, 1.807) is 13.8 Å². The standard InChI is InChI=1S/C8H11ClN2O2S/c1-6(2)11-14(12,13)8-4-3-7(9)5-10-8/h3-6,11H,1-2H3. The zero-order chi connectivity index (χ0) is 10.8. The van der Waals surface area contributed by atoms with Gasteiger partial charge in [-0.15, -0.1) is 0 Å². The monoisotopic (exact) mass is 234 g/mol. The van der Waals surface area contributed by atoms with Gasteiger partial charge in [0.25, 0.3) is 10.0 Å². The fourth-order valence-electron chi connectivity index (χ4n) is 0.892. The van der Waals surface area contributed by atoms with E-state index in [2.05, 4.69) is 9.71 Å². The normalized spacial score (nSPS) is 12.0. The maximum atomic E-state index is 11.5. The number of halogens is 1. The van der Waals surface area contributed by atoms with Gasteiger partial charge in [-0.3, -0.25) is 0 Å². The first-order chi connectivity index (χ1) is 6.42. The third-order valence-electron chi connectivity index (χ3n) is 1.37. The minimum atomic E-state index is -3.50. The van der Waals surface area contributed by atoms with E-state index in [-0.39, 0.29) is 11.1 Å². The molecule has 1 aromatic rings. The van der Waals surface area contributed by atoms with Gasteiger partial charge in [-0.2, -0.15) is 0 Å². The predicted octanol–water partition coefficient (Wildman–Crippen LogP) is 1.42. The van der Waals surface area contributed by atoms with Crippen molar-refractivity contribution in [1.29, 1.82) is 0 Å². The second-order valence-electron chi connectivity index (χ2n) is 3.09. The number of aromatic nitrogens is 1. The van der Waals surface area contributed by atoms with Crippen LogP contribution in [-0.4, -0.2) is 19.4 Å². The molecule has 1 N–H and O–H groups in total. The molecule has 78 valence electrons. The molecule has 14 heavy (non-hydrogen) atoms. The molecule has 0 radical (unpaired) electrons. The number of nitrogens with zero attached hydrogens (tertiary/aromatic N) is 1. The highest BCUT2D eigenvalue weighted by Crippen LogP contribution is 2.10. The number of sulfonamides is 1. The van der Waals surface area contributed by atoms with Crippen molar-refractivity contribution in [3.63, 3.8) is 0 Å². The van der Waals surface area contributed by atoms with Crippen molar-refractivity contribution in [3.05, 3.63) is 23.4 Å². The number of pyridine rings is 1. The van der Waals surface area contributed by atoms with Gasteiger partial charge in [0.15, 0.2) is 5.03 Å². The SMILES string of the molecule is CC(C)NS(=O)(=O)c1ccc(Cl)cn1. The molecule has 0 aliphatic carbocycles. The zero-order valence-electron chi connectivity index (χ0n) is 7.86. The molecule has 1 aromatic heterocycles. The molecule has 0 aliphatic rings. The minimum absolute atomic E-state index is 0.0180.